The molecule has 0 aliphatic heterocycles. The van der Waals surface area contributed by atoms with Gasteiger partial charge in [0.1, 0.15) is 11.5 Å². The lowest BCUT2D eigenvalue weighted by Gasteiger charge is -2.13. The Kier molecular flexibility index (Phi) is 8.32. The van der Waals surface area contributed by atoms with Crippen molar-refractivity contribution < 1.29 is 19.1 Å². The molecule has 0 spiro atoms. The SMILES string of the molecule is CCOc1ccc(Br)cc1C(=O)NNC(=O)COc1ccc(C(C)C)cc1Br. The van der Waals surface area contributed by atoms with E-state index in [9.17, 15) is 9.59 Å². The van der Waals surface area contributed by atoms with Crippen LogP contribution in [0.3, 0.4) is 0 Å². The molecule has 0 aliphatic rings. The molecule has 0 saturated carbocycles. The summed E-state index contributed by atoms with van der Waals surface area (Å²) in [6.45, 7) is 6.21. The fraction of sp³-hybridized carbons (Fsp3) is 0.300. The summed E-state index contributed by atoms with van der Waals surface area (Å²) < 4.78 is 12.4. The summed E-state index contributed by atoms with van der Waals surface area (Å²) in [6.07, 6.45) is 0. The van der Waals surface area contributed by atoms with Gasteiger partial charge in [-0.1, -0.05) is 35.8 Å². The van der Waals surface area contributed by atoms with Crippen molar-refractivity contribution in [1.29, 1.82) is 0 Å². The van der Waals surface area contributed by atoms with Crippen molar-refractivity contribution in [1.82, 2.24) is 10.9 Å². The molecule has 0 unspecified atom stereocenters. The number of carbonyl (C=O) groups is 2. The first kappa shape index (κ1) is 22.2. The monoisotopic (exact) mass is 512 g/mol. The summed E-state index contributed by atoms with van der Waals surface area (Å²) in [4.78, 5) is 24.4. The van der Waals surface area contributed by atoms with E-state index in [1.165, 1.54) is 0 Å². The zero-order valence-electron chi connectivity index (χ0n) is 15.8. The van der Waals surface area contributed by atoms with Crippen LogP contribution >= 0.6 is 31.9 Å². The van der Waals surface area contributed by atoms with E-state index in [4.69, 9.17) is 9.47 Å². The third kappa shape index (κ3) is 6.24. The predicted molar refractivity (Wildman–Crippen MR) is 115 cm³/mol. The maximum atomic E-state index is 12.4. The lowest BCUT2D eigenvalue weighted by molar-refractivity contribution is -0.123. The lowest BCUT2D eigenvalue weighted by atomic mass is 10.0. The molecule has 0 atom stereocenters. The average Bonchev–Trinajstić information content (AvgIpc) is 2.66. The first-order chi connectivity index (χ1) is 13.3. The molecule has 2 amide bonds. The minimum Gasteiger partial charge on any atom is -0.493 e. The van der Waals surface area contributed by atoms with Gasteiger partial charge in [-0.3, -0.25) is 20.4 Å². The standard InChI is InChI=1S/C20H22Br2N2O4/c1-4-27-17-8-6-14(21)10-15(17)20(26)24-23-19(25)11-28-18-7-5-13(12(2)3)9-16(18)22/h5-10,12H,4,11H2,1-3H3,(H,23,25)(H,24,26). The minimum atomic E-state index is -0.486. The second-order valence-electron chi connectivity index (χ2n) is 6.21. The second kappa shape index (κ2) is 10.5. The third-order valence-corrected chi connectivity index (χ3v) is 4.90. The predicted octanol–water partition coefficient (Wildman–Crippen LogP) is 4.57. The lowest BCUT2D eigenvalue weighted by Crippen LogP contribution is -2.44. The van der Waals surface area contributed by atoms with E-state index in [0.29, 0.717) is 29.6 Å². The topological polar surface area (TPSA) is 76.7 Å². The van der Waals surface area contributed by atoms with Crippen LogP contribution in [0.1, 0.15) is 42.6 Å². The van der Waals surface area contributed by atoms with Crippen molar-refractivity contribution in [2.45, 2.75) is 26.7 Å². The van der Waals surface area contributed by atoms with Crippen LogP contribution in [-0.2, 0) is 4.79 Å². The number of halogens is 2. The highest BCUT2D eigenvalue weighted by Gasteiger charge is 2.14. The number of hydrogen-bond acceptors (Lipinski definition) is 4. The molecule has 0 aromatic heterocycles. The molecule has 0 aliphatic carbocycles. The fourth-order valence-electron chi connectivity index (χ4n) is 2.33. The van der Waals surface area contributed by atoms with Crippen molar-refractivity contribution in [3.63, 3.8) is 0 Å². The highest BCUT2D eigenvalue weighted by Crippen LogP contribution is 2.28. The van der Waals surface area contributed by atoms with Crippen LogP contribution in [-0.4, -0.2) is 25.0 Å². The molecule has 28 heavy (non-hydrogen) atoms. The number of hydrazine groups is 1. The van der Waals surface area contributed by atoms with Gasteiger partial charge in [-0.2, -0.15) is 0 Å². The fourth-order valence-corrected chi connectivity index (χ4v) is 3.20. The molecule has 0 radical (unpaired) electrons. The molecule has 2 rings (SSSR count). The van der Waals surface area contributed by atoms with E-state index in [-0.39, 0.29) is 6.61 Å². The Labute approximate surface area is 181 Å². The molecular weight excluding hydrogens is 492 g/mol. The number of rotatable bonds is 7. The molecule has 0 heterocycles. The maximum Gasteiger partial charge on any atom is 0.276 e. The molecule has 2 aromatic rings. The Morgan fingerprint density at radius 1 is 1.00 bits per heavy atom. The second-order valence-corrected chi connectivity index (χ2v) is 7.98. The normalized spacial score (nSPS) is 10.5. The average molecular weight is 514 g/mol. The molecule has 8 heteroatoms. The van der Waals surface area contributed by atoms with E-state index in [0.717, 1.165) is 14.5 Å². The molecular formula is C20H22Br2N2O4. The quantitative estimate of drug-likeness (QED) is 0.531. The van der Waals surface area contributed by atoms with Crippen molar-refractivity contribution in [2.24, 2.45) is 0 Å². The van der Waals surface area contributed by atoms with Gasteiger partial charge in [0.25, 0.3) is 11.8 Å². The number of benzene rings is 2. The Morgan fingerprint density at radius 3 is 2.36 bits per heavy atom. The van der Waals surface area contributed by atoms with Gasteiger partial charge in [0, 0.05) is 4.47 Å². The van der Waals surface area contributed by atoms with E-state index < -0.39 is 11.8 Å². The smallest absolute Gasteiger partial charge is 0.276 e. The summed E-state index contributed by atoms with van der Waals surface area (Å²) in [6, 6.07) is 10.8. The Balaban J connectivity index is 1.91. The number of nitrogens with one attached hydrogen (secondary N) is 2. The van der Waals surface area contributed by atoms with Crippen LogP contribution in [0, 0.1) is 0 Å². The number of ether oxygens (including phenoxy) is 2. The molecule has 6 nitrogen and oxygen atoms in total. The molecule has 0 saturated heterocycles. The van der Waals surface area contributed by atoms with Crippen LogP contribution in [0.2, 0.25) is 0 Å². The van der Waals surface area contributed by atoms with Gasteiger partial charge in [-0.15, -0.1) is 0 Å². The van der Waals surface area contributed by atoms with Crippen LogP contribution in [0.5, 0.6) is 11.5 Å². The number of carbonyl (C=O) groups excluding carboxylic acids is 2. The van der Waals surface area contributed by atoms with Gasteiger partial charge in [0.05, 0.1) is 16.6 Å². The van der Waals surface area contributed by atoms with Crippen LogP contribution in [0.4, 0.5) is 0 Å². The summed E-state index contributed by atoms with van der Waals surface area (Å²) >= 11 is 6.76. The summed E-state index contributed by atoms with van der Waals surface area (Å²) in [5, 5.41) is 0. The Morgan fingerprint density at radius 2 is 1.71 bits per heavy atom. The van der Waals surface area contributed by atoms with Crippen LogP contribution < -0.4 is 20.3 Å². The molecule has 2 N–H and O–H groups in total. The largest absolute Gasteiger partial charge is 0.493 e. The Bertz CT molecular complexity index is 856. The highest BCUT2D eigenvalue weighted by atomic mass is 79.9. The molecule has 0 bridgehead atoms. The van der Waals surface area contributed by atoms with Gasteiger partial charge in [0.2, 0.25) is 0 Å². The van der Waals surface area contributed by atoms with E-state index in [1.807, 2.05) is 19.1 Å². The zero-order chi connectivity index (χ0) is 20.7. The molecule has 150 valence electrons. The van der Waals surface area contributed by atoms with Gasteiger partial charge in [-0.05, 0) is 64.7 Å². The van der Waals surface area contributed by atoms with Gasteiger partial charge < -0.3 is 9.47 Å². The van der Waals surface area contributed by atoms with Crippen molar-refractivity contribution >= 4 is 43.7 Å². The van der Waals surface area contributed by atoms with Crippen molar-refractivity contribution in [2.75, 3.05) is 13.2 Å². The van der Waals surface area contributed by atoms with Gasteiger partial charge in [0.15, 0.2) is 6.61 Å². The van der Waals surface area contributed by atoms with Crippen LogP contribution in [0.25, 0.3) is 0 Å². The molecule has 2 aromatic carbocycles. The third-order valence-electron chi connectivity index (χ3n) is 3.78. The van der Waals surface area contributed by atoms with Crippen molar-refractivity contribution in [3.05, 3.63) is 56.5 Å². The summed E-state index contributed by atoms with van der Waals surface area (Å²) in [5.74, 6) is 0.407. The highest BCUT2D eigenvalue weighted by molar-refractivity contribution is 9.10. The zero-order valence-corrected chi connectivity index (χ0v) is 19.0. The first-order valence-electron chi connectivity index (χ1n) is 8.75. The van der Waals surface area contributed by atoms with E-state index in [2.05, 4.69) is 56.6 Å². The minimum absolute atomic E-state index is 0.239. The van der Waals surface area contributed by atoms with E-state index in [1.54, 1.807) is 24.3 Å². The van der Waals surface area contributed by atoms with E-state index >= 15 is 0 Å². The first-order valence-corrected chi connectivity index (χ1v) is 10.3. The summed E-state index contributed by atoms with van der Waals surface area (Å²) in [7, 11) is 0. The Hall–Kier alpha value is -2.06. The van der Waals surface area contributed by atoms with Gasteiger partial charge >= 0.3 is 0 Å². The van der Waals surface area contributed by atoms with Crippen LogP contribution in [0.15, 0.2) is 45.3 Å². The van der Waals surface area contributed by atoms with Gasteiger partial charge in [-0.25, -0.2) is 0 Å². The summed E-state index contributed by atoms with van der Waals surface area (Å²) in [5.41, 5.74) is 6.18. The molecule has 0 fully saturated rings. The maximum absolute atomic E-state index is 12.4. The number of amides is 2. The van der Waals surface area contributed by atoms with Crippen molar-refractivity contribution in [3.8, 4) is 11.5 Å². The number of hydrogen-bond donors (Lipinski definition) is 2.